The molecule has 0 atom stereocenters. The smallest absolute Gasteiger partial charge is 0.123 e. The Bertz CT molecular complexity index is 465. The van der Waals surface area contributed by atoms with Crippen molar-refractivity contribution in [2.45, 2.75) is 19.9 Å². The average molecular weight is 249 g/mol. The fourth-order valence-corrected chi connectivity index (χ4v) is 2.46. The van der Waals surface area contributed by atoms with Gasteiger partial charge in [-0.25, -0.2) is 4.39 Å². The minimum atomic E-state index is -0.169. The third-order valence-corrected chi connectivity index (χ3v) is 3.32. The van der Waals surface area contributed by atoms with Crippen LogP contribution in [-0.2, 0) is 6.54 Å². The number of thiophene rings is 1. The maximum absolute atomic E-state index is 13.3. The molecule has 0 bridgehead atoms. The van der Waals surface area contributed by atoms with E-state index in [4.69, 9.17) is 0 Å². The van der Waals surface area contributed by atoms with Gasteiger partial charge >= 0.3 is 0 Å². The van der Waals surface area contributed by atoms with Crippen molar-refractivity contribution < 1.29 is 4.39 Å². The van der Waals surface area contributed by atoms with Gasteiger partial charge in [0, 0.05) is 6.54 Å². The monoisotopic (exact) mass is 249 g/mol. The van der Waals surface area contributed by atoms with Crippen LogP contribution in [0.15, 0.2) is 35.0 Å². The van der Waals surface area contributed by atoms with E-state index in [1.807, 2.05) is 11.4 Å². The van der Waals surface area contributed by atoms with Gasteiger partial charge in [0.2, 0.25) is 0 Å². The Labute approximate surface area is 105 Å². The van der Waals surface area contributed by atoms with Gasteiger partial charge in [-0.05, 0) is 58.6 Å². The van der Waals surface area contributed by atoms with Gasteiger partial charge in [0.1, 0.15) is 5.82 Å². The largest absolute Gasteiger partial charge is 0.313 e. The first-order valence-electron chi connectivity index (χ1n) is 5.83. The molecular weight excluding hydrogens is 233 g/mol. The first-order valence-corrected chi connectivity index (χ1v) is 6.77. The summed E-state index contributed by atoms with van der Waals surface area (Å²) in [6.07, 6.45) is 1.09. The highest BCUT2D eigenvalue weighted by Gasteiger charge is 2.06. The van der Waals surface area contributed by atoms with Crippen molar-refractivity contribution in [1.82, 2.24) is 5.32 Å². The highest BCUT2D eigenvalue weighted by atomic mass is 32.1. The van der Waals surface area contributed by atoms with Crippen molar-refractivity contribution in [3.63, 3.8) is 0 Å². The molecular formula is C14H16FNS. The number of nitrogens with one attached hydrogen (secondary N) is 1. The maximum atomic E-state index is 13.3. The molecule has 0 unspecified atom stereocenters. The third kappa shape index (κ3) is 3.14. The summed E-state index contributed by atoms with van der Waals surface area (Å²) < 4.78 is 13.3. The molecule has 17 heavy (non-hydrogen) atoms. The highest BCUT2D eigenvalue weighted by Crippen LogP contribution is 2.26. The van der Waals surface area contributed by atoms with Crippen molar-refractivity contribution in [2.75, 3.05) is 6.54 Å². The number of hydrogen-bond donors (Lipinski definition) is 1. The van der Waals surface area contributed by atoms with E-state index in [1.54, 1.807) is 17.4 Å². The molecule has 0 aliphatic rings. The van der Waals surface area contributed by atoms with Crippen molar-refractivity contribution in [1.29, 1.82) is 0 Å². The van der Waals surface area contributed by atoms with E-state index < -0.39 is 0 Å². The Balaban J connectivity index is 2.25. The van der Waals surface area contributed by atoms with Crippen molar-refractivity contribution in [3.8, 4) is 11.1 Å². The van der Waals surface area contributed by atoms with Crippen molar-refractivity contribution in [3.05, 3.63) is 46.4 Å². The molecule has 0 amide bonds. The second-order valence-electron chi connectivity index (χ2n) is 3.99. The van der Waals surface area contributed by atoms with Crippen LogP contribution in [0.3, 0.4) is 0 Å². The summed E-state index contributed by atoms with van der Waals surface area (Å²) in [5.74, 6) is -0.169. The second-order valence-corrected chi connectivity index (χ2v) is 4.77. The van der Waals surface area contributed by atoms with Crippen LogP contribution in [0.2, 0.25) is 0 Å². The molecule has 2 rings (SSSR count). The molecule has 1 aromatic heterocycles. The molecule has 0 saturated carbocycles. The first kappa shape index (κ1) is 12.3. The minimum absolute atomic E-state index is 0.169. The third-order valence-electron chi connectivity index (χ3n) is 2.64. The summed E-state index contributed by atoms with van der Waals surface area (Å²) in [7, 11) is 0. The second kappa shape index (κ2) is 5.94. The number of halogens is 1. The quantitative estimate of drug-likeness (QED) is 0.788. The summed E-state index contributed by atoms with van der Waals surface area (Å²) in [5, 5.41) is 7.46. The van der Waals surface area contributed by atoms with Crippen LogP contribution in [0.4, 0.5) is 4.39 Å². The Morgan fingerprint density at radius 3 is 2.88 bits per heavy atom. The van der Waals surface area contributed by atoms with E-state index in [0.29, 0.717) is 0 Å². The van der Waals surface area contributed by atoms with Crippen LogP contribution < -0.4 is 5.32 Å². The molecule has 0 aliphatic carbocycles. The first-order chi connectivity index (χ1) is 8.31. The highest BCUT2D eigenvalue weighted by molar-refractivity contribution is 7.08. The SMILES string of the molecule is CCCNCc1cc(F)ccc1-c1ccsc1. The van der Waals surface area contributed by atoms with Crippen LogP contribution in [0.1, 0.15) is 18.9 Å². The Morgan fingerprint density at radius 1 is 1.29 bits per heavy atom. The van der Waals surface area contributed by atoms with Gasteiger partial charge in [0.05, 0.1) is 0 Å². The molecule has 0 aliphatic heterocycles. The van der Waals surface area contributed by atoms with Gasteiger partial charge in [-0.15, -0.1) is 0 Å². The molecule has 0 radical (unpaired) electrons. The minimum Gasteiger partial charge on any atom is -0.313 e. The molecule has 0 saturated heterocycles. The summed E-state index contributed by atoms with van der Waals surface area (Å²) in [5.41, 5.74) is 3.32. The lowest BCUT2D eigenvalue weighted by Crippen LogP contribution is -2.14. The van der Waals surface area contributed by atoms with E-state index in [0.717, 1.165) is 30.6 Å². The van der Waals surface area contributed by atoms with E-state index in [2.05, 4.69) is 23.7 Å². The molecule has 1 aromatic carbocycles. The summed E-state index contributed by atoms with van der Waals surface area (Å²) in [6, 6.07) is 7.08. The van der Waals surface area contributed by atoms with E-state index in [-0.39, 0.29) is 5.82 Å². The molecule has 3 heteroatoms. The zero-order valence-corrected chi connectivity index (χ0v) is 10.7. The van der Waals surface area contributed by atoms with Crippen LogP contribution >= 0.6 is 11.3 Å². The van der Waals surface area contributed by atoms with Crippen LogP contribution in [-0.4, -0.2) is 6.54 Å². The van der Waals surface area contributed by atoms with Crippen molar-refractivity contribution in [2.24, 2.45) is 0 Å². The fourth-order valence-electron chi connectivity index (χ4n) is 1.81. The standard InChI is InChI=1S/C14H16FNS/c1-2-6-16-9-12-8-13(15)3-4-14(12)11-5-7-17-10-11/h3-5,7-8,10,16H,2,6,9H2,1H3. The van der Waals surface area contributed by atoms with Gasteiger partial charge in [-0.2, -0.15) is 11.3 Å². The maximum Gasteiger partial charge on any atom is 0.123 e. The van der Waals surface area contributed by atoms with E-state index in [9.17, 15) is 4.39 Å². The molecule has 2 aromatic rings. The Kier molecular flexibility index (Phi) is 4.29. The van der Waals surface area contributed by atoms with Crippen LogP contribution in [0.5, 0.6) is 0 Å². The van der Waals surface area contributed by atoms with Crippen LogP contribution in [0, 0.1) is 5.82 Å². The molecule has 1 N–H and O–H groups in total. The fraction of sp³-hybridized carbons (Fsp3) is 0.286. The Hall–Kier alpha value is -1.19. The lowest BCUT2D eigenvalue weighted by molar-refractivity contribution is 0.619. The zero-order chi connectivity index (χ0) is 12.1. The van der Waals surface area contributed by atoms with Crippen molar-refractivity contribution >= 4 is 11.3 Å². The van der Waals surface area contributed by atoms with E-state index >= 15 is 0 Å². The number of rotatable bonds is 5. The van der Waals surface area contributed by atoms with E-state index in [1.165, 1.54) is 11.6 Å². The lowest BCUT2D eigenvalue weighted by Gasteiger charge is -2.09. The summed E-state index contributed by atoms with van der Waals surface area (Å²) in [4.78, 5) is 0. The molecule has 1 heterocycles. The van der Waals surface area contributed by atoms with Gasteiger partial charge in [0.25, 0.3) is 0 Å². The number of benzene rings is 1. The normalized spacial score (nSPS) is 10.7. The number of hydrogen-bond acceptors (Lipinski definition) is 2. The van der Waals surface area contributed by atoms with Crippen LogP contribution in [0.25, 0.3) is 11.1 Å². The zero-order valence-electron chi connectivity index (χ0n) is 9.87. The van der Waals surface area contributed by atoms with Gasteiger partial charge in [0.15, 0.2) is 0 Å². The Morgan fingerprint density at radius 2 is 2.18 bits per heavy atom. The molecule has 0 fully saturated rings. The lowest BCUT2D eigenvalue weighted by atomic mass is 10.0. The topological polar surface area (TPSA) is 12.0 Å². The van der Waals surface area contributed by atoms with Gasteiger partial charge in [-0.3, -0.25) is 0 Å². The predicted octanol–water partition coefficient (Wildman–Crippen LogP) is 4.05. The summed E-state index contributed by atoms with van der Waals surface area (Å²) >= 11 is 1.66. The van der Waals surface area contributed by atoms with Gasteiger partial charge < -0.3 is 5.32 Å². The molecule has 0 spiro atoms. The summed E-state index contributed by atoms with van der Waals surface area (Å²) in [6.45, 7) is 3.80. The average Bonchev–Trinajstić information content (AvgIpc) is 2.83. The van der Waals surface area contributed by atoms with Gasteiger partial charge in [-0.1, -0.05) is 13.0 Å². The molecule has 90 valence electrons. The predicted molar refractivity (Wildman–Crippen MR) is 71.7 cm³/mol. The molecule has 1 nitrogen and oxygen atoms in total.